The molecule has 19 heavy (non-hydrogen) atoms. The molecule has 1 aromatic carbocycles. The Balaban J connectivity index is 0.00000162. The maximum atomic E-state index is 13.2. The zero-order valence-corrected chi connectivity index (χ0v) is 12.4. The van der Waals surface area contributed by atoms with Crippen molar-refractivity contribution in [3.63, 3.8) is 0 Å². The largest absolute Gasteiger partial charge is 0.505 e. The molecule has 0 saturated carbocycles. The van der Waals surface area contributed by atoms with Crippen LogP contribution in [-0.4, -0.2) is 36.2 Å². The zero-order chi connectivity index (χ0) is 12.4. The maximum absolute atomic E-state index is 13.2. The third kappa shape index (κ3) is 3.86. The molecule has 1 saturated heterocycles. The lowest BCUT2D eigenvalue weighted by Crippen LogP contribution is -2.44. The monoisotopic (exact) mass is 311 g/mol. The molecular formula is C12H20Cl2FN3O. The van der Waals surface area contributed by atoms with Gasteiger partial charge in [-0.05, 0) is 13.0 Å². The fourth-order valence-corrected chi connectivity index (χ4v) is 2.20. The number of anilines is 1. The molecule has 4 N–H and O–H groups in total. The topological polar surface area (TPSA) is 61.5 Å². The Kier molecular flexibility index (Phi) is 7.44. The van der Waals surface area contributed by atoms with Crippen LogP contribution in [0.1, 0.15) is 18.5 Å². The molecule has 4 nitrogen and oxygen atoms in total. The fourth-order valence-electron chi connectivity index (χ4n) is 2.20. The Hall–Kier alpha value is -0.750. The molecule has 110 valence electrons. The molecule has 1 atom stereocenters. The predicted molar refractivity (Wildman–Crippen MR) is 79.8 cm³/mol. The highest BCUT2D eigenvalue weighted by atomic mass is 35.5. The number of hydrogen-bond donors (Lipinski definition) is 3. The van der Waals surface area contributed by atoms with Crippen molar-refractivity contribution in [1.82, 2.24) is 10.2 Å². The second-order valence-corrected chi connectivity index (χ2v) is 4.36. The number of hydrogen-bond acceptors (Lipinski definition) is 4. The highest BCUT2D eigenvalue weighted by Gasteiger charge is 2.22. The number of phenols is 1. The second-order valence-electron chi connectivity index (χ2n) is 4.36. The molecule has 0 amide bonds. The van der Waals surface area contributed by atoms with E-state index in [1.807, 2.05) is 6.92 Å². The Morgan fingerprint density at radius 1 is 1.32 bits per heavy atom. The van der Waals surface area contributed by atoms with E-state index in [0.717, 1.165) is 26.2 Å². The van der Waals surface area contributed by atoms with Crippen LogP contribution < -0.4 is 11.1 Å². The van der Waals surface area contributed by atoms with Gasteiger partial charge < -0.3 is 16.2 Å². The highest BCUT2D eigenvalue weighted by Crippen LogP contribution is 2.34. The van der Waals surface area contributed by atoms with Gasteiger partial charge in [0.25, 0.3) is 0 Å². The molecule has 0 bridgehead atoms. The molecular weight excluding hydrogens is 292 g/mol. The summed E-state index contributed by atoms with van der Waals surface area (Å²) in [6, 6.07) is 2.96. The third-order valence-corrected chi connectivity index (χ3v) is 3.34. The van der Waals surface area contributed by atoms with E-state index < -0.39 is 5.82 Å². The van der Waals surface area contributed by atoms with E-state index in [1.54, 1.807) is 6.07 Å². The highest BCUT2D eigenvalue weighted by molar-refractivity contribution is 5.85. The molecule has 1 heterocycles. The van der Waals surface area contributed by atoms with Gasteiger partial charge in [-0.15, -0.1) is 24.8 Å². The van der Waals surface area contributed by atoms with E-state index in [-0.39, 0.29) is 42.3 Å². The fraction of sp³-hybridized carbons (Fsp3) is 0.500. The molecule has 0 spiro atoms. The van der Waals surface area contributed by atoms with Crippen molar-refractivity contribution in [1.29, 1.82) is 0 Å². The summed E-state index contributed by atoms with van der Waals surface area (Å²) >= 11 is 0. The first-order valence-corrected chi connectivity index (χ1v) is 5.83. The number of nitrogens with zero attached hydrogens (tertiary/aromatic N) is 1. The van der Waals surface area contributed by atoms with Crippen molar-refractivity contribution < 1.29 is 9.50 Å². The number of phenolic OH excluding ortho intramolecular Hbond substituents is 1. The van der Waals surface area contributed by atoms with Crippen molar-refractivity contribution in [2.24, 2.45) is 0 Å². The third-order valence-electron chi connectivity index (χ3n) is 3.34. The first-order chi connectivity index (χ1) is 8.11. The number of piperazine rings is 1. The van der Waals surface area contributed by atoms with Crippen LogP contribution in [0.5, 0.6) is 5.75 Å². The standard InChI is InChI=1S/C12H18FN3O.2ClH/c1-8(16-6-4-15-5-7-16)9-2-3-10(13)11(14)12(9)17;;/h2-3,8,15,17H,4-7,14H2,1H3;2*1H/t8-;;/m1../s1. The van der Waals surface area contributed by atoms with Crippen LogP contribution in [0.25, 0.3) is 0 Å². The van der Waals surface area contributed by atoms with Crippen molar-refractivity contribution in [2.75, 3.05) is 31.9 Å². The molecule has 1 aliphatic rings. The van der Waals surface area contributed by atoms with E-state index in [1.165, 1.54) is 6.07 Å². The van der Waals surface area contributed by atoms with Crippen molar-refractivity contribution in [2.45, 2.75) is 13.0 Å². The number of rotatable bonds is 2. The summed E-state index contributed by atoms with van der Waals surface area (Å²) in [6.45, 7) is 5.69. The number of aromatic hydroxyl groups is 1. The van der Waals surface area contributed by atoms with Gasteiger partial charge in [0.15, 0.2) is 0 Å². The van der Waals surface area contributed by atoms with Gasteiger partial charge in [0.2, 0.25) is 0 Å². The lowest BCUT2D eigenvalue weighted by molar-refractivity contribution is 0.183. The van der Waals surface area contributed by atoms with Gasteiger partial charge >= 0.3 is 0 Å². The van der Waals surface area contributed by atoms with Crippen LogP contribution in [-0.2, 0) is 0 Å². The summed E-state index contributed by atoms with van der Waals surface area (Å²) < 4.78 is 13.2. The number of nitrogens with two attached hydrogens (primary N) is 1. The first-order valence-electron chi connectivity index (χ1n) is 5.83. The van der Waals surface area contributed by atoms with Crippen molar-refractivity contribution in [3.8, 4) is 5.75 Å². The Bertz CT molecular complexity index is 414. The summed E-state index contributed by atoms with van der Waals surface area (Å²) in [5.41, 5.74) is 6.02. The summed E-state index contributed by atoms with van der Waals surface area (Å²) in [4.78, 5) is 2.24. The number of nitrogens with one attached hydrogen (secondary N) is 1. The van der Waals surface area contributed by atoms with Crippen LogP contribution in [0, 0.1) is 5.82 Å². The summed E-state index contributed by atoms with van der Waals surface area (Å²) in [7, 11) is 0. The molecule has 0 aromatic heterocycles. The lowest BCUT2D eigenvalue weighted by Gasteiger charge is -2.33. The second kappa shape index (κ2) is 7.75. The van der Waals surface area contributed by atoms with Gasteiger partial charge in [-0.1, -0.05) is 6.07 Å². The molecule has 7 heteroatoms. The Morgan fingerprint density at radius 3 is 2.47 bits per heavy atom. The van der Waals surface area contributed by atoms with Gasteiger partial charge in [0.1, 0.15) is 17.3 Å². The summed E-state index contributed by atoms with van der Waals surface area (Å²) in [5, 5.41) is 13.1. The van der Waals surface area contributed by atoms with E-state index >= 15 is 0 Å². The first kappa shape index (κ1) is 18.2. The van der Waals surface area contributed by atoms with E-state index in [2.05, 4.69) is 10.2 Å². The SMILES string of the molecule is C[C@H](c1ccc(F)c(N)c1O)N1CCNCC1.Cl.Cl. The summed E-state index contributed by atoms with van der Waals surface area (Å²) in [5.74, 6) is -0.699. The van der Waals surface area contributed by atoms with Crippen LogP contribution in [0.15, 0.2) is 12.1 Å². The van der Waals surface area contributed by atoms with E-state index in [0.29, 0.717) is 5.56 Å². The quantitative estimate of drug-likeness (QED) is 0.577. The molecule has 0 radical (unpaired) electrons. The summed E-state index contributed by atoms with van der Waals surface area (Å²) in [6.07, 6.45) is 0. The van der Waals surface area contributed by atoms with Gasteiger partial charge in [-0.25, -0.2) is 4.39 Å². The van der Waals surface area contributed by atoms with Gasteiger partial charge in [-0.3, -0.25) is 4.90 Å². The number of nitrogen functional groups attached to an aromatic ring is 1. The molecule has 1 fully saturated rings. The van der Waals surface area contributed by atoms with Crippen LogP contribution in [0.3, 0.4) is 0 Å². The van der Waals surface area contributed by atoms with Gasteiger partial charge in [0, 0.05) is 37.8 Å². The zero-order valence-electron chi connectivity index (χ0n) is 10.7. The molecule has 0 aliphatic carbocycles. The van der Waals surface area contributed by atoms with Gasteiger partial charge in [-0.2, -0.15) is 0 Å². The van der Waals surface area contributed by atoms with Gasteiger partial charge in [0.05, 0.1) is 0 Å². The molecule has 1 aliphatic heterocycles. The van der Waals surface area contributed by atoms with Crippen LogP contribution in [0.4, 0.5) is 10.1 Å². The number of benzene rings is 1. The normalized spacial score (nSPS) is 17.2. The average molecular weight is 312 g/mol. The Labute approximate surface area is 125 Å². The lowest BCUT2D eigenvalue weighted by atomic mass is 10.0. The van der Waals surface area contributed by atoms with E-state index in [4.69, 9.17) is 5.73 Å². The van der Waals surface area contributed by atoms with E-state index in [9.17, 15) is 9.50 Å². The minimum Gasteiger partial charge on any atom is -0.505 e. The van der Waals surface area contributed by atoms with Crippen molar-refractivity contribution in [3.05, 3.63) is 23.5 Å². The predicted octanol–water partition coefficient (Wildman–Crippen LogP) is 1.92. The number of halogens is 3. The maximum Gasteiger partial charge on any atom is 0.149 e. The molecule has 2 rings (SSSR count). The minimum atomic E-state index is -0.571. The molecule has 0 unspecified atom stereocenters. The smallest absolute Gasteiger partial charge is 0.149 e. The van der Waals surface area contributed by atoms with Crippen molar-refractivity contribution >= 4 is 30.5 Å². The minimum absolute atomic E-state index is 0. The average Bonchev–Trinajstić information content (AvgIpc) is 2.36. The Morgan fingerprint density at radius 2 is 1.89 bits per heavy atom. The van der Waals surface area contributed by atoms with Crippen LogP contribution in [0.2, 0.25) is 0 Å². The molecule has 1 aromatic rings. The van der Waals surface area contributed by atoms with Crippen LogP contribution >= 0.6 is 24.8 Å².